The van der Waals surface area contributed by atoms with Gasteiger partial charge in [0.25, 0.3) is 0 Å². The average Bonchev–Trinajstić information content (AvgIpc) is 2.84. The Bertz CT molecular complexity index is 1510. The van der Waals surface area contributed by atoms with E-state index in [4.69, 9.17) is 11.7 Å². The van der Waals surface area contributed by atoms with Gasteiger partial charge in [-0.25, -0.2) is 14.3 Å². The van der Waals surface area contributed by atoms with Crippen molar-refractivity contribution in [3.8, 4) is 0 Å². The quantitative estimate of drug-likeness (QED) is 0.154. The van der Waals surface area contributed by atoms with Gasteiger partial charge in [0.2, 0.25) is 12.4 Å². The van der Waals surface area contributed by atoms with Crippen LogP contribution in [0.1, 0.15) is 33.4 Å². The molecule has 0 bridgehead atoms. The molecule has 0 unspecified atom stereocenters. The number of hydrogen-bond donors (Lipinski definition) is 2. The molecule has 0 atom stereocenters. The maximum Gasteiger partial charge on any atom is 0.313 e. The average molecular weight is 591 g/mol. The fourth-order valence-corrected chi connectivity index (χ4v) is 5.66. The zero-order chi connectivity index (χ0) is 30.5. The van der Waals surface area contributed by atoms with Gasteiger partial charge in [-0.15, -0.1) is 0 Å². The number of rotatable bonds is 3. The van der Waals surface area contributed by atoms with Crippen LogP contribution in [-0.2, 0) is 24.5 Å². The summed E-state index contributed by atoms with van der Waals surface area (Å²) in [5, 5.41) is 0. The first-order valence-corrected chi connectivity index (χ1v) is 14.4. The van der Waals surface area contributed by atoms with Crippen LogP contribution in [0, 0.1) is 41.5 Å². The normalized spacial score (nSPS) is 10.6. The van der Waals surface area contributed by atoms with E-state index in [2.05, 4.69) is 19.2 Å². The topological polar surface area (TPSA) is 195 Å². The lowest BCUT2D eigenvalue weighted by Gasteiger charge is -2.14. The van der Waals surface area contributed by atoms with Crippen LogP contribution in [0.15, 0.2) is 83.6 Å². The van der Waals surface area contributed by atoms with Crippen molar-refractivity contribution in [1.29, 1.82) is 0 Å². The molecule has 0 spiro atoms. The van der Waals surface area contributed by atoms with Gasteiger partial charge in [-0.05, 0) is 63.8 Å². The van der Waals surface area contributed by atoms with E-state index in [0.29, 0.717) is 22.3 Å². The second-order valence-electron chi connectivity index (χ2n) is 8.55. The smallest absolute Gasteiger partial charge is 0.313 e. The monoisotopic (exact) mass is 590 g/mol. The largest absolute Gasteiger partial charge is 0.744 e. The Hall–Kier alpha value is -3.82. The Labute approximate surface area is 235 Å². The Morgan fingerprint density at radius 1 is 0.650 bits per heavy atom. The third kappa shape index (κ3) is 11.5. The van der Waals surface area contributed by atoms with E-state index in [1.54, 1.807) is 102 Å². The van der Waals surface area contributed by atoms with Gasteiger partial charge < -0.3 is 4.55 Å². The van der Waals surface area contributed by atoms with Crippen LogP contribution in [0.5, 0.6) is 0 Å². The molecule has 0 amide bonds. The second-order valence-corrected chi connectivity index (χ2v) is 11.4. The first-order chi connectivity index (χ1) is 18.6. The van der Waals surface area contributed by atoms with E-state index in [-0.39, 0.29) is 9.79 Å². The molecule has 2 aromatic heterocycles. The van der Waals surface area contributed by atoms with Crippen LogP contribution in [-0.4, -0.2) is 36.3 Å². The molecule has 4 aromatic rings. The number of aryl methyl sites for hydroxylation is 6. The second kappa shape index (κ2) is 15.7. The molecule has 14 heteroatoms. The number of nitrogens with two attached hydrogens (primary N) is 2. The maximum atomic E-state index is 11.4. The molecular weight excluding hydrogens is 556 g/mol. The van der Waals surface area contributed by atoms with Gasteiger partial charge in [0.1, 0.15) is 15.0 Å². The van der Waals surface area contributed by atoms with Crippen LogP contribution >= 0.6 is 0 Å². The predicted molar refractivity (Wildman–Crippen MR) is 148 cm³/mol. The minimum absolute atomic E-state index is 0.0851. The lowest BCUT2D eigenvalue weighted by molar-refractivity contribution is -0.639. The van der Waals surface area contributed by atoms with Crippen LogP contribution in [0.3, 0.4) is 0 Å². The molecule has 4 rings (SSSR count). The summed E-state index contributed by atoms with van der Waals surface area (Å²) < 4.78 is 60.7. The summed E-state index contributed by atoms with van der Waals surface area (Å²) in [4.78, 5) is 11.3. The molecule has 0 aliphatic heterocycles. The minimum atomic E-state index is -4.33. The molecule has 40 heavy (non-hydrogen) atoms. The molecule has 12 nitrogen and oxygen atoms in total. The number of nitrogen functional groups attached to an aromatic ring is 1. The maximum absolute atomic E-state index is 11.4. The molecule has 0 aliphatic rings. The van der Waals surface area contributed by atoms with E-state index in [9.17, 15) is 21.4 Å². The highest BCUT2D eigenvalue weighted by Crippen LogP contribution is 2.22. The van der Waals surface area contributed by atoms with Gasteiger partial charge in [-0.2, -0.15) is 18.6 Å². The van der Waals surface area contributed by atoms with Crippen molar-refractivity contribution in [2.75, 3.05) is 5.84 Å². The van der Waals surface area contributed by atoms with Crippen molar-refractivity contribution >= 4 is 20.2 Å². The molecule has 0 saturated carbocycles. The molecule has 216 valence electrons. The molecule has 4 N–H and O–H groups in total. The van der Waals surface area contributed by atoms with E-state index in [1.165, 1.54) is 4.68 Å². The number of hydrogen-bond acceptors (Lipinski definition) is 11. The summed E-state index contributed by atoms with van der Waals surface area (Å²) >= 11 is 0. The van der Waals surface area contributed by atoms with Crippen molar-refractivity contribution in [3.05, 3.63) is 107 Å². The summed E-state index contributed by atoms with van der Waals surface area (Å²) in [6.07, 6.45) is 13.1. The van der Waals surface area contributed by atoms with Gasteiger partial charge in [0.15, 0.2) is 0 Å². The van der Waals surface area contributed by atoms with Crippen LogP contribution in [0.25, 0.3) is 0 Å². The third-order valence-corrected chi connectivity index (χ3v) is 7.50. The highest BCUT2D eigenvalue weighted by atomic mass is 32.2. The van der Waals surface area contributed by atoms with E-state index in [0.717, 1.165) is 11.1 Å². The zero-order valence-corrected chi connectivity index (χ0v) is 24.8. The van der Waals surface area contributed by atoms with Gasteiger partial charge >= 0.3 is 10.1 Å². The molecule has 0 radical (unpaired) electrons. The summed E-state index contributed by atoms with van der Waals surface area (Å²) in [6.45, 7) is 10.5. The highest BCUT2D eigenvalue weighted by Gasteiger charge is 2.19. The third-order valence-electron chi connectivity index (χ3n) is 4.96. The van der Waals surface area contributed by atoms with Crippen LogP contribution in [0.2, 0.25) is 0 Å². The summed E-state index contributed by atoms with van der Waals surface area (Å²) in [5.41, 5.74) is 4.30. The van der Waals surface area contributed by atoms with Crippen molar-refractivity contribution < 1.29 is 30.3 Å². The number of aromatic nitrogens is 4. The lowest BCUT2D eigenvalue weighted by Crippen LogP contribution is -2.43. The van der Waals surface area contributed by atoms with Crippen molar-refractivity contribution in [1.82, 2.24) is 15.0 Å². The molecular formula is C26H34N6O6S2. The van der Waals surface area contributed by atoms with Gasteiger partial charge in [0.05, 0.1) is 17.3 Å². The zero-order valence-electron chi connectivity index (χ0n) is 23.1. The summed E-state index contributed by atoms with van der Waals surface area (Å²) in [7, 11) is -8.13. The Morgan fingerprint density at radius 2 is 0.975 bits per heavy atom. The highest BCUT2D eigenvalue weighted by molar-refractivity contribution is 7.86. The first-order valence-electron chi connectivity index (χ1n) is 11.6. The Kier molecular flexibility index (Phi) is 13.4. The standard InChI is InChI=1S/C9H13NO3S.C9H12O3S.C4H6N3.C4H4N2/c1-6-4-7(2)9(8(3)5-6)14(11,12)13-10;1-6-4-7(2)9(8(3)5-6)13(10,11)12;5-7-3-1-6-2-4-7;1-2-6-4-3-5-1/h4-5H,10H2,1-3H3;4-5H,1-3H3,(H,10,11,12);1-4H,(H2,5,6);1-4H/q;;+1;/p-1. The molecule has 0 aliphatic carbocycles. The van der Waals surface area contributed by atoms with Crippen molar-refractivity contribution in [2.24, 2.45) is 5.90 Å². The Morgan fingerprint density at radius 3 is 1.23 bits per heavy atom. The van der Waals surface area contributed by atoms with E-state index in [1.807, 2.05) is 13.8 Å². The molecule has 0 fully saturated rings. The van der Waals surface area contributed by atoms with Gasteiger partial charge in [-0.1, -0.05) is 40.1 Å². The van der Waals surface area contributed by atoms with Gasteiger partial charge in [0, 0.05) is 24.8 Å². The lowest BCUT2D eigenvalue weighted by atomic mass is 10.1. The summed E-state index contributed by atoms with van der Waals surface area (Å²) in [6, 6.07) is 6.94. The van der Waals surface area contributed by atoms with Crippen LogP contribution in [0.4, 0.5) is 0 Å². The van der Waals surface area contributed by atoms with E-state index >= 15 is 0 Å². The first kappa shape index (κ1) is 34.2. The number of nitrogens with zero attached hydrogens (tertiary/aromatic N) is 4. The summed E-state index contributed by atoms with van der Waals surface area (Å²) in [5.74, 6) is 9.96. The fraction of sp³-hybridized carbons (Fsp3) is 0.231. The number of benzene rings is 2. The predicted octanol–water partition coefficient (Wildman–Crippen LogP) is 2.27. The van der Waals surface area contributed by atoms with Gasteiger partial charge in [-0.3, -0.25) is 15.0 Å². The minimum Gasteiger partial charge on any atom is -0.744 e. The molecule has 2 aromatic carbocycles. The van der Waals surface area contributed by atoms with E-state index < -0.39 is 20.2 Å². The van der Waals surface area contributed by atoms with Crippen molar-refractivity contribution in [2.45, 2.75) is 51.3 Å². The van der Waals surface area contributed by atoms with Crippen molar-refractivity contribution in [3.63, 3.8) is 0 Å². The SMILES string of the molecule is Cc1cc(C)c(S(=O)(=O)ON)c(C)c1.Cc1cc(C)c(S(=O)(=O)[O-])c(C)c1.N[n+]1ccncc1.c1cnccn1. The Balaban J connectivity index is 0.000000282. The molecule has 0 saturated heterocycles. The fourth-order valence-electron chi connectivity index (χ4n) is 3.75. The molecule has 2 heterocycles. The van der Waals surface area contributed by atoms with Crippen LogP contribution < -0.4 is 16.4 Å².